The fourth-order valence-corrected chi connectivity index (χ4v) is 5.92. The van der Waals surface area contributed by atoms with Crippen LogP contribution in [0.1, 0.15) is 51.9 Å². The number of ether oxygens (including phenoxy) is 4. The SMILES string of the molecule is B[C@@H]1O[C@H](COC)[C@H](OP(=O)(O)OC)C1C/C=C/CCCCNC(=O)CCCCO[C@@H]1O[C@H](CO)[C@H](O)[C@H](O)[C@H]1NC(C)=O. The average molecular weight is 652 g/mol. The molecule has 2 saturated heterocycles. The van der Waals surface area contributed by atoms with Gasteiger partial charge in [0.25, 0.3) is 0 Å². The molecule has 17 heteroatoms. The van der Waals surface area contributed by atoms with Gasteiger partial charge in [0.2, 0.25) is 11.8 Å². The summed E-state index contributed by atoms with van der Waals surface area (Å²) in [5, 5.41) is 35.1. The van der Waals surface area contributed by atoms with Gasteiger partial charge in [-0.25, -0.2) is 4.57 Å². The molecular formula is C27H50BN2O13P. The van der Waals surface area contributed by atoms with E-state index in [0.29, 0.717) is 32.2 Å². The van der Waals surface area contributed by atoms with Gasteiger partial charge in [-0.15, -0.1) is 0 Å². The first kappa shape index (κ1) is 38.8. The van der Waals surface area contributed by atoms with Crippen molar-refractivity contribution in [2.75, 3.05) is 40.6 Å². The number of rotatable bonds is 20. The van der Waals surface area contributed by atoms with E-state index in [1.54, 1.807) is 0 Å². The number of aliphatic hydroxyl groups is 3. The van der Waals surface area contributed by atoms with Crippen molar-refractivity contribution in [3.8, 4) is 0 Å². The maximum absolute atomic E-state index is 12.2. The van der Waals surface area contributed by atoms with Crippen LogP contribution in [0.2, 0.25) is 0 Å². The first-order valence-corrected chi connectivity index (χ1v) is 16.6. The average Bonchev–Trinajstić information content (AvgIpc) is 3.25. The predicted octanol–water partition coefficient (Wildman–Crippen LogP) is -0.898. The summed E-state index contributed by atoms with van der Waals surface area (Å²) in [6.45, 7) is 1.72. The Bertz CT molecular complexity index is 947. The van der Waals surface area contributed by atoms with E-state index in [1.165, 1.54) is 14.0 Å². The summed E-state index contributed by atoms with van der Waals surface area (Å²) in [5.41, 5.74) is 0. The Hall–Kier alpha value is -1.43. The predicted molar refractivity (Wildman–Crippen MR) is 160 cm³/mol. The summed E-state index contributed by atoms with van der Waals surface area (Å²) in [6.07, 6.45) is 2.56. The van der Waals surface area contributed by atoms with Crippen molar-refractivity contribution in [3.05, 3.63) is 12.2 Å². The van der Waals surface area contributed by atoms with Gasteiger partial charge in [-0.05, 0) is 38.5 Å². The molecule has 254 valence electrons. The minimum Gasteiger partial charge on any atom is -0.394 e. The van der Waals surface area contributed by atoms with E-state index < -0.39 is 63.2 Å². The number of carbonyl (C=O) groups is 2. The second-order valence-electron chi connectivity index (χ2n) is 11.0. The number of aliphatic hydroxyl groups excluding tert-OH is 3. The summed E-state index contributed by atoms with van der Waals surface area (Å²) < 4.78 is 44.2. The quantitative estimate of drug-likeness (QED) is 0.0408. The van der Waals surface area contributed by atoms with Gasteiger partial charge >= 0.3 is 7.82 Å². The highest BCUT2D eigenvalue weighted by molar-refractivity contribution is 7.47. The Morgan fingerprint density at radius 3 is 2.45 bits per heavy atom. The number of amides is 2. The zero-order chi connectivity index (χ0) is 32.7. The minimum atomic E-state index is -4.19. The highest BCUT2D eigenvalue weighted by Gasteiger charge is 2.46. The van der Waals surface area contributed by atoms with E-state index >= 15 is 0 Å². The highest BCUT2D eigenvalue weighted by Crippen LogP contribution is 2.48. The van der Waals surface area contributed by atoms with E-state index in [4.69, 9.17) is 23.5 Å². The molecule has 2 fully saturated rings. The Kier molecular flexibility index (Phi) is 17.6. The zero-order valence-electron chi connectivity index (χ0n) is 26.0. The van der Waals surface area contributed by atoms with Gasteiger partial charge in [0, 0.05) is 52.6 Å². The maximum atomic E-state index is 12.2. The van der Waals surface area contributed by atoms with Crippen molar-refractivity contribution in [1.82, 2.24) is 10.6 Å². The lowest BCUT2D eigenvalue weighted by molar-refractivity contribution is -0.270. The van der Waals surface area contributed by atoms with Crippen molar-refractivity contribution in [2.45, 2.75) is 101 Å². The molecule has 0 aromatic rings. The topological polar surface area (TPSA) is 212 Å². The Morgan fingerprint density at radius 1 is 1.05 bits per heavy atom. The van der Waals surface area contributed by atoms with Crippen LogP contribution in [0.3, 0.4) is 0 Å². The van der Waals surface area contributed by atoms with Crippen LogP contribution in [-0.4, -0.2) is 129 Å². The van der Waals surface area contributed by atoms with Gasteiger partial charge < -0.3 is 49.8 Å². The first-order chi connectivity index (χ1) is 20.9. The molecule has 0 spiro atoms. The smallest absolute Gasteiger partial charge is 0.394 e. The Balaban J connectivity index is 1.61. The molecule has 0 saturated carbocycles. The number of hydrogen-bond donors (Lipinski definition) is 6. The minimum absolute atomic E-state index is 0.0754. The third kappa shape index (κ3) is 12.8. The number of hydrogen-bond acceptors (Lipinski definition) is 12. The van der Waals surface area contributed by atoms with Crippen LogP contribution < -0.4 is 10.6 Å². The number of phosphoric acid groups is 1. The summed E-state index contributed by atoms with van der Waals surface area (Å²) in [7, 11) is 0.360. The summed E-state index contributed by atoms with van der Waals surface area (Å²) in [4.78, 5) is 33.5. The van der Waals surface area contributed by atoms with Crippen molar-refractivity contribution in [1.29, 1.82) is 0 Å². The number of methoxy groups -OCH3 is 1. The molecular weight excluding hydrogens is 602 g/mol. The second-order valence-corrected chi connectivity index (χ2v) is 12.5. The van der Waals surface area contributed by atoms with E-state index in [-0.39, 0.29) is 31.0 Å². The normalized spacial score (nSPS) is 32.0. The van der Waals surface area contributed by atoms with Gasteiger partial charge in [-0.3, -0.25) is 18.6 Å². The second kappa shape index (κ2) is 19.9. The molecule has 0 aliphatic carbocycles. The first-order valence-electron chi connectivity index (χ1n) is 15.1. The summed E-state index contributed by atoms with van der Waals surface area (Å²) >= 11 is 0. The molecule has 2 aliphatic heterocycles. The summed E-state index contributed by atoms with van der Waals surface area (Å²) in [5.74, 6) is -0.645. The molecule has 2 unspecified atom stereocenters. The van der Waals surface area contributed by atoms with Crippen molar-refractivity contribution in [3.63, 3.8) is 0 Å². The maximum Gasteiger partial charge on any atom is 0.472 e. The fraction of sp³-hybridized carbons (Fsp3) is 0.852. The number of nitrogens with one attached hydrogen (secondary N) is 2. The van der Waals surface area contributed by atoms with Crippen LogP contribution >= 0.6 is 7.82 Å². The largest absolute Gasteiger partial charge is 0.472 e. The van der Waals surface area contributed by atoms with Crippen LogP contribution in [0.4, 0.5) is 0 Å². The lowest BCUT2D eigenvalue weighted by atomic mass is 9.82. The molecule has 2 amide bonds. The lowest BCUT2D eigenvalue weighted by Gasteiger charge is -2.42. The molecule has 15 nitrogen and oxygen atoms in total. The number of allylic oxidation sites excluding steroid dienone is 2. The van der Waals surface area contributed by atoms with Gasteiger partial charge in [0.1, 0.15) is 44.4 Å². The van der Waals surface area contributed by atoms with E-state index in [1.807, 2.05) is 20.0 Å². The van der Waals surface area contributed by atoms with Crippen molar-refractivity contribution in [2.24, 2.45) is 5.92 Å². The molecule has 2 rings (SSSR count). The van der Waals surface area contributed by atoms with Crippen molar-refractivity contribution < 1.29 is 62.4 Å². The van der Waals surface area contributed by atoms with E-state index in [0.717, 1.165) is 26.4 Å². The molecule has 2 aliphatic rings. The molecule has 0 aromatic carbocycles. The molecule has 44 heavy (non-hydrogen) atoms. The third-order valence-corrected chi connectivity index (χ3v) is 8.59. The molecule has 2 heterocycles. The molecule has 0 bridgehead atoms. The van der Waals surface area contributed by atoms with Crippen LogP contribution in [0, 0.1) is 5.92 Å². The summed E-state index contributed by atoms with van der Waals surface area (Å²) in [6, 6.07) is -1.18. The van der Waals surface area contributed by atoms with E-state index in [9.17, 15) is 34.4 Å². The molecule has 0 aromatic heterocycles. The fourth-order valence-electron chi connectivity index (χ4n) is 5.24. The van der Waals surface area contributed by atoms with Gasteiger partial charge in [0.05, 0.1) is 13.2 Å². The Morgan fingerprint density at radius 2 is 1.80 bits per heavy atom. The van der Waals surface area contributed by atoms with E-state index in [2.05, 4.69) is 15.2 Å². The monoisotopic (exact) mass is 652 g/mol. The van der Waals surface area contributed by atoms with Crippen molar-refractivity contribution >= 4 is 27.5 Å². The highest BCUT2D eigenvalue weighted by atomic mass is 31.2. The van der Waals surface area contributed by atoms with Crippen LogP contribution in [-0.2, 0) is 42.1 Å². The molecule has 0 radical (unpaired) electrons. The Labute approximate surface area is 260 Å². The van der Waals surface area contributed by atoms with Gasteiger partial charge in [0.15, 0.2) is 6.29 Å². The number of unbranched alkanes of at least 4 members (excludes halogenated alkanes) is 3. The van der Waals surface area contributed by atoms with Crippen LogP contribution in [0.25, 0.3) is 0 Å². The number of phosphoric ester groups is 1. The standard InChI is InChI=1S/C27H50BN2O13P/c1-17(32)30-22-24(35)23(34)19(15-31)42-27(22)40-14-10-8-12-21(33)29-13-9-6-4-5-7-11-18-25(43-44(36,37)39-3)20(16-38-2)41-26(18)28/h5,7,18-20,22-27,31,34-35H,4,6,8-16,28H2,1-3H3,(H,29,33)(H,30,32)(H,36,37)/b7-5+/t18?,19-,20-,22-,23+,24-,25-,26-,27-/m1/s1. The third-order valence-electron chi connectivity index (χ3n) is 7.62. The van der Waals surface area contributed by atoms with Gasteiger partial charge in [-0.2, -0.15) is 0 Å². The zero-order valence-corrected chi connectivity index (χ0v) is 26.9. The molecule has 10 atom stereocenters. The van der Waals surface area contributed by atoms with Crippen LogP contribution in [0.15, 0.2) is 12.2 Å². The van der Waals surface area contributed by atoms with Crippen LogP contribution in [0.5, 0.6) is 0 Å². The lowest BCUT2D eigenvalue weighted by Crippen LogP contribution is -2.64. The number of carbonyl (C=O) groups excluding carboxylic acids is 2. The molecule has 6 N–H and O–H groups in total. The van der Waals surface area contributed by atoms with Gasteiger partial charge in [-0.1, -0.05) is 12.2 Å².